The Balaban J connectivity index is 1.02. The van der Waals surface area contributed by atoms with E-state index < -0.39 is 23.9 Å². The van der Waals surface area contributed by atoms with E-state index in [1.54, 1.807) is 53.4 Å². The van der Waals surface area contributed by atoms with Crippen LogP contribution in [0.5, 0.6) is 5.88 Å². The molecular weight excluding hydrogens is 817 g/mol. The first-order valence-corrected chi connectivity index (χ1v) is 20.3. The van der Waals surface area contributed by atoms with Crippen molar-refractivity contribution in [1.29, 1.82) is 0 Å². The van der Waals surface area contributed by atoms with Crippen LogP contribution in [-0.2, 0) is 13.0 Å². The summed E-state index contributed by atoms with van der Waals surface area (Å²) in [5.74, 6) is 6.14. The number of H-pyrrole nitrogens is 1. The molecular formula is C46H42F4N10O3. The summed E-state index contributed by atoms with van der Waals surface area (Å²) >= 11 is 0. The number of aromatic amines is 1. The predicted molar refractivity (Wildman–Crippen MR) is 229 cm³/mol. The van der Waals surface area contributed by atoms with Crippen LogP contribution < -0.4 is 20.5 Å². The van der Waals surface area contributed by atoms with Crippen LogP contribution in [0, 0.1) is 17.7 Å². The number of rotatable bonds is 13. The molecule has 0 radical (unpaired) electrons. The largest absolute Gasteiger partial charge is 0.480 e. The lowest BCUT2D eigenvalue weighted by Gasteiger charge is -2.26. The number of halogens is 4. The molecule has 2 aliphatic rings. The number of nitrogens with zero attached hydrogens (tertiary/aromatic N) is 8. The number of aromatic nitrogens is 6. The standard InChI is InChI=1S/C46H42F4N10O3/c1-27(2)60-24-38(46(48,49)50)56-42(60)31-13-10-28(11-14-31)23-59(39-22-37(52-25-53-39)40-41(30-15-16-30)54-26-55-45(40)63-3)19-7-6-18-51-43(61)34-20-29(12-17-35(34)47)21-36-32-8-4-5-9-33(32)44(62)58-57-36/h4-5,8-14,17,20,22,25-27,30,38H,15-16,18-19,21,23-24H2,1-3H3,(H,51,61)(H,58,62). The van der Waals surface area contributed by atoms with Crippen LogP contribution in [0.25, 0.3) is 22.0 Å². The lowest BCUT2D eigenvalue weighted by molar-refractivity contribution is -0.146. The number of aliphatic imine (C=N–C) groups is 1. The van der Waals surface area contributed by atoms with E-state index in [9.17, 15) is 27.2 Å². The van der Waals surface area contributed by atoms with Crippen molar-refractivity contribution in [3.05, 3.63) is 135 Å². The quantitative estimate of drug-likeness (QED) is 0.0956. The number of nitrogens with one attached hydrogen (secondary N) is 2. The van der Waals surface area contributed by atoms with Gasteiger partial charge in [-0.3, -0.25) is 14.6 Å². The van der Waals surface area contributed by atoms with Crippen molar-refractivity contribution in [2.24, 2.45) is 4.99 Å². The minimum atomic E-state index is -4.45. The molecule has 1 aliphatic heterocycles. The molecule has 0 spiro atoms. The third kappa shape index (κ3) is 9.49. The Morgan fingerprint density at radius 1 is 0.968 bits per heavy atom. The molecule has 17 heteroatoms. The summed E-state index contributed by atoms with van der Waals surface area (Å²) in [6.45, 7) is 3.76. The molecule has 1 amide bonds. The second-order valence-corrected chi connectivity index (χ2v) is 15.6. The smallest absolute Gasteiger partial charge is 0.412 e. The number of anilines is 1. The van der Waals surface area contributed by atoms with Gasteiger partial charge in [0, 0.05) is 41.9 Å². The van der Waals surface area contributed by atoms with Gasteiger partial charge in [-0.2, -0.15) is 18.3 Å². The van der Waals surface area contributed by atoms with Crippen LogP contribution in [0.2, 0.25) is 0 Å². The summed E-state index contributed by atoms with van der Waals surface area (Å²) < 4.78 is 61.7. The number of alkyl halides is 3. The summed E-state index contributed by atoms with van der Waals surface area (Å²) in [6, 6.07) is 18.3. The number of carbonyl (C=O) groups excluding carboxylic acids is 1. The number of benzene rings is 3. The summed E-state index contributed by atoms with van der Waals surface area (Å²) in [4.78, 5) is 51.2. The number of amidine groups is 1. The highest BCUT2D eigenvalue weighted by Crippen LogP contribution is 2.45. The van der Waals surface area contributed by atoms with Crippen molar-refractivity contribution in [3.8, 4) is 29.0 Å². The maximum Gasteiger partial charge on any atom is 0.412 e. The fourth-order valence-corrected chi connectivity index (χ4v) is 7.50. The molecule has 0 saturated heterocycles. The molecule has 0 bridgehead atoms. The summed E-state index contributed by atoms with van der Waals surface area (Å²) in [7, 11) is 1.54. The Morgan fingerprint density at radius 2 is 1.71 bits per heavy atom. The van der Waals surface area contributed by atoms with Crippen molar-refractivity contribution in [2.75, 3.05) is 31.6 Å². The first-order chi connectivity index (χ1) is 30.4. The zero-order valence-corrected chi connectivity index (χ0v) is 34.6. The average Bonchev–Trinajstić information content (AvgIpc) is 4.03. The molecule has 1 atom stereocenters. The van der Waals surface area contributed by atoms with Crippen molar-refractivity contribution in [3.63, 3.8) is 0 Å². The van der Waals surface area contributed by atoms with Gasteiger partial charge in [0.05, 0.1) is 60.3 Å². The minimum Gasteiger partial charge on any atom is -0.480 e. The molecule has 1 aliphatic carbocycles. The molecule has 2 N–H and O–H groups in total. The first kappa shape index (κ1) is 42.5. The van der Waals surface area contributed by atoms with Gasteiger partial charge in [-0.05, 0) is 56.0 Å². The van der Waals surface area contributed by atoms with Crippen molar-refractivity contribution < 1.29 is 27.1 Å². The minimum absolute atomic E-state index is 0.0944. The zero-order chi connectivity index (χ0) is 44.3. The normalized spacial score (nSPS) is 15.0. The van der Waals surface area contributed by atoms with E-state index >= 15 is 0 Å². The number of carbonyl (C=O) groups is 1. The van der Waals surface area contributed by atoms with Crippen molar-refractivity contribution in [1.82, 2.24) is 40.3 Å². The highest BCUT2D eigenvalue weighted by molar-refractivity contribution is 6.00. The lowest BCUT2D eigenvalue weighted by atomic mass is 10.0. The van der Waals surface area contributed by atoms with Gasteiger partial charge in [0.2, 0.25) is 5.88 Å². The van der Waals surface area contributed by atoms with Crippen LogP contribution in [-0.4, -0.2) is 91.8 Å². The molecule has 1 saturated carbocycles. The van der Waals surface area contributed by atoms with Gasteiger partial charge in [-0.1, -0.05) is 60.4 Å². The van der Waals surface area contributed by atoms with Crippen molar-refractivity contribution in [2.45, 2.75) is 63.8 Å². The number of ether oxygens (including phenoxy) is 1. The fraction of sp³-hybridized carbons (Fsp3) is 0.304. The van der Waals surface area contributed by atoms with Gasteiger partial charge in [0.15, 0.2) is 6.04 Å². The summed E-state index contributed by atoms with van der Waals surface area (Å²) in [5.41, 5.74) is 4.16. The Kier molecular flexibility index (Phi) is 12.1. The van der Waals surface area contributed by atoms with Crippen LogP contribution in [0.4, 0.5) is 23.4 Å². The number of hydrogen-bond donors (Lipinski definition) is 2. The monoisotopic (exact) mass is 858 g/mol. The van der Waals surface area contributed by atoms with Crippen LogP contribution in [0.1, 0.15) is 71.0 Å². The number of fused-ring (bicyclic) bond motifs is 1. The molecule has 13 nitrogen and oxygen atoms in total. The number of methoxy groups -OCH3 is 1. The van der Waals surface area contributed by atoms with E-state index in [2.05, 4.69) is 52.3 Å². The van der Waals surface area contributed by atoms with E-state index in [-0.39, 0.29) is 49.1 Å². The Bertz CT molecular complexity index is 2820. The molecule has 8 rings (SSSR count). The van der Waals surface area contributed by atoms with E-state index in [1.807, 2.05) is 30.9 Å². The topological polar surface area (TPSA) is 154 Å². The second-order valence-electron chi connectivity index (χ2n) is 15.6. The molecule has 3 aromatic heterocycles. The highest BCUT2D eigenvalue weighted by atomic mass is 19.4. The van der Waals surface area contributed by atoms with E-state index in [0.717, 1.165) is 24.1 Å². The Labute approximate surface area is 359 Å². The zero-order valence-electron chi connectivity index (χ0n) is 34.6. The van der Waals surface area contributed by atoms with Crippen LogP contribution >= 0.6 is 0 Å². The molecule has 322 valence electrons. The van der Waals surface area contributed by atoms with E-state index in [0.29, 0.717) is 62.9 Å². The van der Waals surface area contributed by atoms with E-state index in [4.69, 9.17) is 4.74 Å². The fourth-order valence-electron chi connectivity index (χ4n) is 7.50. The average molecular weight is 859 g/mol. The van der Waals surface area contributed by atoms with Gasteiger partial charge >= 0.3 is 6.18 Å². The Morgan fingerprint density at radius 3 is 2.44 bits per heavy atom. The third-order valence-corrected chi connectivity index (χ3v) is 10.9. The molecule has 4 heterocycles. The number of amides is 1. The maximum absolute atomic E-state index is 15.0. The molecule has 3 aromatic carbocycles. The van der Waals surface area contributed by atoms with Crippen LogP contribution in [0.3, 0.4) is 0 Å². The van der Waals surface area contributed by atoms with Gasteiger partial charge in [0.1, 0.15) is 30.1 Å². The SMILES string of the molecule is COc1ncnc(C2CC2)c1-c1cc(N(CC#CCNC(=O)c2cc(Cc3n[nH]c(=O)c4ccccc34)ccc2F)Cc2ccc(C3=NC(C(F)(F)F)CN3C(C)C)cc2)ncn1. The lowest BCUT2D eigenvalue weighted by Crippen LogP contribution is -2.39. The van der Waals surface area contributed by atoms with Crippen LogP contribution in [0.15, 0.2) is 95.2 Å². The summed E-state index contributed by atoms with van der Waals surface area (Å²) in [6.07, 6.45) is 0.681. The molecule has 1 unspecified atom stereocenters. The molecule has 1 fully saturated rings. The molecule has 6 aromatic rings. The van der Waals surface area contributed by atoms with Gasteiger partial charge in [0.25, 0.3) is 11.5 Å². The highest BCUT2D eigenvalue weighted by Gasteiger charge is 2.45. The van der Waals surface area contributed by atoms with E-state index in [1.165, 1.54) is 31.9 Å². The van der Waals surface area contributed by atoms with Gasteiger partial charge in [-0.25, -0.2) is 29.4 Å². The third-order valence-electron chi connectivity index (χ3n) is 10.9. The second kappa shape index (κ2) is 18.0. The maximum atomic E-state index is 15.0. The Hall–Kier alpha value is -7.22. The molecule has 63 heavy (non-hydrogen) atoms. The predicted octanol–water partition coefficient (Wildman–Crippen LogP) is 6.63. The number of hydrogen-bond acceptors (Lipinski definition) is 11. The first-order valence-electron chi connectivity index (χ1n) is 20.3. The van der Waals surface area contributed by atoms with Crippen molar-refractivity contribution >= 4 is 28.3 Å². The van der Waals surface area contributed by atoms with Gasteiger partial charge in [-0.15, -0.1) is 0 Å². The van der Waals surface area contributed by atoms with Gasteiger partial charge < -0.3 is 19.9 Å². The summed E-state index contributed by atoms with van der Waals surface area (Å²) in [5, 5.41) is 10.5.